The number of rotatable bonds is 37. The fourth-order valence-corrected chi connectivity index (χ4v) is 6.12. The van der Waals surface area contributed by atoms with Crippen LogP contribution in [0.15, 0.2) is 12.7 Å². The van der Waals surface area contributed by atoms with Gasteiger partial charge < -0.3 is 25.2 Å². The molecule has 288 valence electrons. The highest BCUT2D eigenvalue weighted by atomic mass is 31.2. The first-order valence-corrected chi connectivity index (χ1v) is 20.7. The fraction of sp³-hybridized carbons (Fsp3) is 0.865. The van der Waals surface area contributed by atoms with E-state index in [0.717, 1.165) is 44.9 Å². The van der Waals surface area contributed by atoms with Crippen molar-refractivity contribution in [2.75, 3.05) is 19.8 Å². The molecular formula is C37H70NO10P. The summed E-state index contributed by atoms with van der Waals surface area (Å²) in [6.45, 7) is 4.29. The van der Waals surface area contributed by atoms with E-state index < -0.39 is 51.1 Å². The molecule has 0 aromatic rings. The Morgan fingerprint density at radius 2 is 1.06 bits per heavy atom. The van der Waals surface area contributed by atoms with Crippen molar-refractivity contribution in [1.82, 2.24) is 0 Å². The first kappa shape index (κ1) is 47.2. The zero-order valence-electron chi connectivity index (χ0n) is 30.6. The Morgan fingerprint density at radius 1 is 0.653 bits per heavy atom. The van der Waals surface area contributed by atoms with Gasteiger partial charge in [-0.15, -0.1) is 6.58 Å². The molecule has 0 aliphatic carbocycles. The Labute approximate surface area is 297 Å². The molecule has 0 bridgehead atoms. The summed E-state index contributed by atoms with van der Waals surface area (Å²) in [5.74, 6) is -2.38. The minimum atomic E-state index is -4.70. The second kappa shape index (κ2) is 33.4. The van der Waals surface area contributed by atoms with Crippen LogP contribution in [0.4, 0.5) is 0 Å². The molecule has 0 aliphatic rings. The maximum atomic E-state index is 12.5. The lowest BCUT2D eigenvalue weighted by atomic mass is 10.0. The van der Waals surface area contributed by atoms with Crippen molar-refractivity contribution >= 4 is 25.7 Å². The van der Waals surface area contributed by atoms with Crippen LogP contribution in [-0.2, 0) is 37.5 Å². The van der Waals surface area contributed by atoms with Crippen LogP contribution in [0.1, 0.15) is 174 Å². The molecule has 0 aromatic heterocycles. The molecule has 0 saturated carbocycles. The van der Waals surface area contributed by atoms with E-state index in [2.05, 4.69) is 18.0 Å². The lowest BCUT2D eigenvalue weighted by Crippen LogP contribution is -2.34. The van der Waals surface area contributed by atoms with Crippen molar-refractivity contribution in [3.8, 4) is 0 Å². The highest BCUT2D eigenvalue weighted by Crippen LogP contribution is 2.43. The Balaban J connectivity index is 4.36. The Bertz CT molecular complexity index is 887. The van der Waals surface area contributed by atoms with E-state index in [4.69, 9.17) is 24.8 Å². The quantitative estimate of drug-likeness (QED) is 0.0242. The number of phosphoric acid groups is 1. The van der Waals surface area contributed by atoms with Crippen molar-refractivity contribution in [3.63, 3.8) is 0 Å². The minimum absolute atomic E-state index is 0.165. The molecule has 49 heavy (non-hydrogen) atoms. The number of phosphoric ester groups is 1. The molecule has 0 aromatic carbocycles. The zero-order chi connectivity index (χ0) is 36.4. The largest absolute Gasteiger partial charge is 0.480 e. The van der Waals surface area contributed by atoms with Gasteiger partial charge in [-0.1, -0.05) is 141 Å². The number of hydrogen-bond acceptors (Lipinski definition) is 9. The smallest absolute Gasteiger partial charge is 0.472 e. The maximum absolute atomic E-state index is 12.5. The van der Waals surface area contributed by atoms with Gasteiger partial charge in [-0.3, -0.25) is 23.4 Å². The number of hydrogen-bond donors (Lipinski definition) is 3. The zero-order valence-corrected chi connectivity index (χ0v) is 31.5. The molecule has 0 heterocycles. The predicted molar refractivity (Wildman–Crippen MR) is 194 cm³/mol. The van der Waals surface area contributed by atoms with Crippen molar-refractivity contribution in [2.45, 2.75) is 186 Å². The summed E-state index contributed by atoms with van der Waals surface area (Å²) >= 11 is 0. The van der Waals surface area contributed by atoms with Gasteiger partial charge in [0.15, 0.2) is 6.10 Å². The molecule has 0 radical (unpaired) electrons. The molecule has 0 aliphatic heterocycles. The average molecular weight is 720 g/mol. The van der Waals surface area contributed by atoms with Crippen LogP contribution in [-0.4, -0.2) is 59.9 Å². The molecule has 3 atom stereocenters. The summed E-state index contributed by atoms with van der Waals surface area (Å²) in [6.07, 6.45) is 28.9. The number of ether oxygens (including phenoxy) is 2. The summed E-state index contributed by atoms with van der Waals surface area (Å²) in [7, 11) is -4.70. The van der Waals surface area contributed by atoms with E-state index in [1.165, 1.54) is 96.3 Å². The molecule has 0 saturated heterocycles. The summed E-state index contributed by atoms with van der Waals surface area (Å²) in [6, 6.07) is -1.52. The second-order valence-electron chi connectivity index (χ2n) is 13.2. The van der Waals surface area contributed by atoms with Gasteiger partial charge in [0.2, 0.25) is 0 Å². The van der Waals surface area contributed by atoms with Gasteiger partial charge in [0.05, 0.1) is 13.2 Å². The monoisotopic (exact) mass is 719 g/mol. The highest BCUT2D eigenvalue weighted by molar-refractivity contribution is 7.47. The Hall–Kier alpha value is -1.78. The second-order valence-corrected chi connectivity index (χ2v) is 14.6. The number of aliphatic carboxylic acids is 1. The average Bonchev–Trinajstić information content (AvgIpc) is 3.07. The maximum Gasteiger partial charge on any atom is 0.472 e. The normalized spacial score (nSPS) is 13.8. The number of carboxylic acid groups (broad SMARTS) is 1. The first-order valence-electron chi connectivity index (χ1n) is 19.2. The standard InChI is InChI=1S/C37H70NO10P/c1-3-5-7-9-11-13-15-16-17-18-19-21-22-24-26-28-35(39)45-30-33(31-46-49(43,44)47-32-34(38)37(41)42)48-36(40)29-27-25-23-20-14-12-10-8-6-4-2/h3,33-34H,1,4-32,38H2,2H3,(H,41,42)(H,43,44)/t33-,34+/m0/s1. The van der Waals surface area contributed by atoms with Gasteiger partial charge in [0, 0.05) is 12.8 Å². The van der Waals surface area contributed by atoms with E-state index in [0.29, 0.717) is 12.8 Å². The number of carbonyl (C=O) groups excluding carboxylic acids is 2. The van der Waals surface area contributed by atoms with Crippen molar-refractivity contribution in [1.29, 1.82) is 0 Å². The van der Waals surface area contributed by atoms with E-state index >= 15 is 0 Å². The van der Waals surface area contributed by atoms with Gasteiger partial charge in [0.25, 0.3) is 0 Å². The third kappa shape index (κ3) is 33.1. The summed E-state index contributed by atoms with van der Waals surface area (Å²) in [5.41, 5.74) is 5.31. The van der Waals surface area contributed by atoms with Crippen LogP contribution < -0.4 is 5.73 Å². The molecule has 0 amide bonds. The summed E-state index contributed by atoms with van der Waals surface area (Å²) in [4.78, 5) is 45.7. The highest BCUT2D eigenvalue weighted by Gasteiger charge is 2.28. The summed E-state index contributed by atoms with van der Waals surface area (Å²) in [5, 5.41) is 8.85. The van der Waals surface area contributed by atoms with Gasteiger partial charge in [-0.25, -0.2) is 4.57 Å². The fourth-order valence-electron chi connectivity index (χ4n) is 5.34. The van der Waals surface area contributed by atoms with Gasteiger partial charge in [-0.05, 0) is 25.7 Å². The Morgan fingerprint density at radius 3 is 1.51 bits per heavy atom. The van der Waals surface area contributed by atoms with E-state index in [1.807, 2.05) is 6.08 Å². The molecule has 0 fully saturated rings. The van der Waals surface area contributed by atoms with Crippen LogP contribution in [0, 0.1) is 0 Å². The number of carboxylic acids is 1. The third-order valence-electron chi connectivity index (χ3n) is 8.41. The van der Waals surface area contributed by atoms with E-state index in [1.54, 1.807) is 0 Å². The van der Waals surface area contributed by atoms with Gasteiger partial charge >= 0.3 is 25.7 Å². The molecule has 4 N–H and O–H groups in total. The molecule has 1 unspecified atom stereocenters. The number of esters is 2. The number of allylic oxidation sites excluding steroid dienone is 1. The van der Waals surface area contributed by atoms with Crippen molar-refractivity contribution in [2.24, 2.45) is 5.73 Å². The topological polar surface area (TPSA) is 172 Å². The summed E-state index contributed by atoms with van der Waals surface area (Å²) < 4.78 is 32.5. The van der Waals surface area contributed by atoms with E-state index in [9.17, 15) is 23.8 Å². The minimum Gasteiger partial charge on any atom is -0.480 e. The lowest BCUT2D eigenvalue weighted by molar-refractivity contribution is -0.161. The number of unbranched alkanes of at least 4 members (excludes halogenated alkanes) is 22. The van der Waals surface area contributed by atoms with E-state index in [-0.39, 0.29) is 19.4 Å². The van der Waals surface area contributed by atoms with Gasteiger partial charge in [0.1, 0.15) is 12.6 Å². The third-order valence-corrected chi connectivity index (χ3v) is 9.36. The molecule has 0 spiro atoms. The van der Waals surface area contributed by atoms with Crippen LogP contribution in [0.5, 0.6) is 0 Å². The first-order chi connectivity index (χ1) is 23.6. The molecule has 12 heteroatoms. The molecule has 0 rings (SSSR count). The van der Waals surface area contributed by atoms with Crippen LogP contribution >= 0.6 is 7.82 Å². The molecule has 11 nitrogen and oxygen atoms in total. The van der Waals surface area contributed by atoms with Crippen molar-refractivity contribution in [3.05, 3.63) is 12.7 Å². The SMILES string of the molecule is C=CCCCCCCCCCCCCCCCC(=O)OC[C@@H](COP(=O)(O)OC[C@@H](N)C(=O)O)OC(=O)CCCCCCCCCCCC. The number of carbonyl (C=O) groups is 3. The van der Waals surface area contributed by atoms with Crippen molar-refractivity contribution < 1.29 is 47.5 Å². The van der Waals surface area contributed by atoms with Crippen LogP contribution in [0.3, 0.4) is 0 Å². The van der Waals surface area contributed by atoms with Crippen LogP contribution in [0.25, 0.3) is 0 Å². The van der Waals surface area contributed by atoms with Gasteiger partial charge in [-0.2, -0.15) is 0 Å². The molecular weight excluding hydrogens is 649 g/mol. The lowest BCUT2D eigenvalue weighted by Gasteiger charge is -2.20. The van der Waals surface area contributed by atoms with Crippen LogP contribution in [0.2, 0.25) is 0 Å². The Kier molecular flexibility index (Phi) is 32.2. The predicted octanol–water partition coefficient (Wildman–Crippen LogP) is 9.34. The number of nitrogens with two attached hydrogens (primary N) is 1.